The molecule has 2 heterocycles. The number of H-pyrrole nitrogens is 1. The second-order valence-electron chi connectivity index (χ2n) is 6.39. The molecule has 0 aliphatic carbocycles. The number of nitrogens with zero attached hydrogens (tertiary/aromatic N) is 5. The number of nitriles is 1. The Hall–Kier alpha value is -2.48. The number of thioether (sulfide) groups is 1. The van der Waals surface area contributed by atoms with Crippen LogP contribution in [0.3, 0.4) is 0 Å². The van der Waals surface area contributed by atoms with Gasteiger partial charge >= 0.3 is 0 Å². The normalized spacial score (nSPS) is 11.9. The molecule has 0 fully saturated rings. The van der Waals surface area contributed by atoms with Crippen molar-refractivity contribution in [3.8, 4) is 6.07 Å². The Labute approximate surface area is 174 Å². The first-order valence-electron chi connectivity index (χ1n) is 9.17. The number of hydrogen-bond acceptors (Lipinski definition) is 7. The molecule has 2 aromatic heterocycles. The van der Waals surface area contributed by atoms with Crippen molar-refractivity contribution >= 4 is 32.8 Å². The summed E-state index contributed by atoms with van der Waals surface area (Å²) in [6.07, 6.45) is 0. The average molecular weight is 431 g/mol. The molecule has 152 valence electrons. The number of rotatable bonds is 7. The number of hydrogen-bond donors (Lipinski definition) is 1. The molecule has 0 atom stereocenters. The van der Waals surface area contributed by atoms with Crippen LogP contribution < -0.4 is 0 Å². The number of aromatic nitrogens is 4. The van der Waals surface area contributed by atoms with E-state index in [1.807, 2.05) is 13.8 Å². The van der Waals surface area contributed by atoms with Crippen LogP contribution in [-0.2, 0) is 15.8 Å². The van der Waals surface area contributed by atoms with Crippen LogP contribution in [0.1, 0.15) is 36.8 Å². The number of fused-ring (bicyclic) bond motifs is 1. The van der Waals surface area contributed by atoms with Gasteiger partial charge < -0.3 is 4.98 Å². The van der Waals surface area contributed by atoms with Gasteiger partial charge in [0.15, 0.2) is 0 Å². The summed E-state index contributed by atoms with van der Waals surface area (Å²) in [6, 6.07) is 7.05. The summed E-state index contributed by atoms with van der Waals surface area (Å²) < 4.78 is 26.9. The standard InChI is InChI=1S/C19H22N6O2S2/c1-5-25(6-2)29(26,27)14-7-8-16-17(9-14)24-18(23-16)11-28-19-15(10-20)12(3)21-13(4)22-19/h7-9H,5-6,11H2,1-4H3,(H,23,24). The average Bonchev–Trinajstić information content (AvgIpc) is 3.09. The van der Waals surface area contributed by atoms with E-state index in [-0.39, 0.29) is 4.90 Å². The van der Waals surface area contributed by atoms with Crippen LogP contribution in [0.4, 0.5) is 0 Å². The van der Waals surface area contributed by atoms with Crippen LogP contribution >= 0.6 is 11.8 Å². The molecule has 0 bridgehead atoms. The highest BCUT2D eigenvalue weighted by molar-refractivity contribution is 7.98. The minimum Gasteiger partial charge on any atom is -0.341 e. The Bertz CT molecular complexity index is 1190. The van der Waals surface area contributed by atoms with Gasteiger partial charge in [0.1, 0.15) is 28.3 Å². The topological polar surface area (TPSA) is 116 Å². The summed E-state index contributed by atoms with van der Waals surface area (Å²) >= 11 is 1.40. The Morgan fingerprint density at radius 3 is 2.55 bits per heavy atom. The maximum Gasteiger partial charge on any atom is 0.243 e. The lowest BCUT2D eigenvalue weighted by Crippen LogP contribution is -2.30. The lowest BCUT2D eigenvalue weighted by molar-refractivity contribution is 0.445. The van der Waals surface area contributed by atoms with E-state index < -0.39 is 10.0 Å². The SMILES string of the molecule is CCN(CC)S(=O)(=O)c1ccc2nc(CSc3nc(C)nc(C)c3C#N)[nH]c2c1. The fraction of sp³-hybridized carbons (Fsp3) is 0.368. The molecule has 3 aromatic rings. The van der Waals surface area contributed by atoms with Gasteiger partial charge in [-0.3, -0.25) is 0 Å². The zero-order valence-corrected chi connectivity index (χ0v) is 18.4. The maximum atomic E-state index is 12.7. The first-order chi connectivity index (χ1) is 13.8. The Kier molecular flexibility index (Phi) is 6.21. The molecule has 0 radical (unpaired) electrons. The fourth-order valence-corrected chi connectivity index (χ4v) is 5.46. The zero-order valence-electron chi connectivity index (χ0n) is 16.7. The molecule has 0 spiro atoms. The summed E-state index contributed by atoms with van der Waals surface area (Å²) in [4.78, 5) is 16.5. The highest BCUT2D eigenvalue weighted by Crippen LogP contribution is 2.26. The van der Waals surface area contributed by atoms with Crippen LogP contribution in [0.25, 0.3) is 11.0 Å². The molecular formula is C19H22N6O2S2. The van der Waals surface area contributed by atoms with Crippen LogP contribution in [0.5, 0.6) is 0 Å². The first kappa shape index (κ1) is 21.2. The van der Waals surface area contributed by atoms with Gasteiger partial charge in [0.05, 0.1) is 27.4 Å². The zero-order chi connectivity index (χ0) is 21.2. The summed E-state index contributed by atoms with van der Waals surface area (Å²) in [6.45, 7) is 8.05. The number of aromatic amines is 1. The number of imidazole rings is 1. The summed E-state index contributed by atoms with van der Waals surface area (Å²) in [5.41, 5.74) is 2.46. The quantitative estimate of drug-likeness (QED) is 0.452. The molecule has 0 aliphatic heterocycles. The molecule has 29 heavy (non-hydrogen) atoms. The van der Waals surface area contributed by atoms with E-state index >= 15 is 0 Å². The van der Waals surface area contributed by atoms with Gasteiger partial charge in [-0.2, -0.15) is 9.57 Å². The largest absolute Gasteiger partial charge is 0.341 e. The Morgan fingerprint density at radius 1 is 1.17 bits per heavy atom. The highest BCUT2D eigenvalue weighted by atomic mass is 32.2. The van der Waals surface area contributed by atoms with Crippen LogP contribution in [0.2, 0.25) is 0 Å². The van der Waals surface area contributed by atoms with Crippen molar-refractivity contribution in [2.45, 2.75) is 43.4 Å². The van der Waals surface area contributed by atoms with E-state index in [4.69, 9.17) is 0 Å². The lowest BCUT2D eigenvalue weighted by Gasteiger charge is -2.18. The third kappa shape index (κ3) is 4.27. The Morgan fingerprint density at radius 2 is 1.90 bits per heavy atom. The van der Waals surface area contributed by atoms with Crippen LogP contribution in [-0.4, -0.2) is 45.7 Å². The molecule has 0 amide bonds. The molecule has 0 saturated carbocycles. The predicted octanol–water partition coefficient (Wildman–Crippen LogP) is 3.16. The van der Waals surface area contributed by atoms with Crippen molar-refractivity contribution < 1.29 is 8.42 Å². The number of nitrogens with one attached hydrogen (secondary N) is 1. The predicted molar refractivity (Wildman–Crippen MR) is 112 cm³/mol. The molecule has 0 aliphatic rings. The maximum absolute atomic E-state index is 12.7. The first-order valence-corrected chi connectivity index (χ1v) is 11.6. The Balaban J connectivity index is 1.88. The number of sulfonamides is 1. The van der Waals surface area contributed by atoms with Crippen molar-refractivity contribution in [1.82, 2.24) is 24.2 Å². The fourth-order valence-electron chi connectivity index (χ4n) is 3.03. The monoisotopic (exact) mass is 430 g/mol. The smallest absolute Gasteiger partial charge is 0.243 e. The van der Waals surface area contributed by atoms with E-state index in [1.165, 1.54) is 16.1 Å². The van der Waals surface area contributed by atoms with Crippen molar-refractivity contribution in [1.29, 1.82) is 5.26 Å². The van der Waals surface area contributed by atoms with Gasteiger partial charge in [-0.15, -0.1) is 0 Å². The van der Waals surface area contributed by atoms with Gasteiger partial charge in [-0.25, -0.2) is 23.4 Å². The van der Waals surface area contributed by atoms with E-state index in [1.54, 1.807) is 32.0 Å². The molecule has 0 saturated heterocycles. The van der Waals surface area contributed by atoms with E-state index in [9.17, 15) is 13.7 Å². The molecule has 10 heteroatoms. The van der Waals surface area contributed by atoms with E-state index in [0.717, 1.165) is 0 Å². The minimum atomic E-state index is -3.53. The van der Waals surface area contributed by atoms with E-state index in [0.29, 0.717) is 57.8 Å². The summed E-state index contributed by atoms with van der Waals surface area (Å²) in [5, 5.41) is 9.98. The molecule has 0 unspecified atom stereocenters. The van der Waals surface area contributed by atoms with Gasteiger partial charge in [-0.05, 0) is 32.0 Å². The van der Waals surface area contributed by atoms with Crippen molar-refractivity contribution in [3.05, 3.63) is 41.1 Å². The van der Waals surface area contributed by atoms with Gasteiger partial charge in [0.2, 0.25) is 10.0 Å². The van der Waals surface area contributed by atoms with Crippen LogP contribution in [0.15, 0.2) is 28.1 Å². The van der Waals surface area contributed by atoms with Gasteiger partial charge in [0, 0.05) is 13.1 Å². The van der Waals surface area contributed by atoms with Crippen LogP contribution in [0, 0.1) is 25.2 Å². The molecule has 1 aromatic carbocycles. The number of benzene rings is 1. The van der Waals surface area contributed by atoms with Gasteiger partial charge in [0.25, 0.3) is 0 Å². The molecule has 8 nitrogen and oxygen atoms in total. The van der Waals surface area contributed by atoms with Crippen molar-refractivity contribution in [2.24, 2.45) is 0 Å². The molecule has 3 rings (SSSR count). The summed E-state index contributed by atoms with van der Waals surface area (Å²) in [5.74, 6) is 1.76. The third-order valence-electron chi connectivity index (χ3n) is 4.47. The number of aryl methyl sites for hydroxylation is 2. The highest BCUT2D eigenvalue weighted by Gasteiger charge is 2.22. The lowest BCUT2D eigenvalue weighted by atomic mass is 10.3. The molecule has 1 N–H and O–H groups in total. The minimum absolute atomic E-state index is 0.241. The second kappa shape index (κ2) is 8.49. The van der Waals surface area contributed by atoms with Gasteiger partial charge in [-0.1, -0.05) is 25.6 Å². The van der Waals surface area contributed by atoms with Crippen molar-refractivity contribution in [2.75, 3.05) is 13.1 Å². The van der Waals surface area contributed by atoms with Crippen molar-refractivity contribution in [3.63, 3.8) is 0 Å². The second-order valence-corrected chi connectivity index (χ2v) is 9.29. The summed E-state index contributed by atoms with van der Waals surface area (Å²) in [7, 11) is -3.53. The third-order valence-corrected chi connectivity index (χ3v) is 7.50. The van der Waals surface area contributed by atoms with E-state index in [2.05, 4.69) is 26.0 Å². The molecular weight excluding hydrogens is 408 g/mol.